The van der Waals surface area contributed by atoms with Crippen molar-refractivity contribution in [2.75, 3.05) is 17.7 Å². The molecule has 1 saturated carbocycles. The minimum Gasteiger partial charge on any atom is -0.494 e. The molecule has 2 aromatic heterocycles. The Morgan fingerprint density at radius 2 is 2.14 bits per heavy atom. The maximum atomic E-state index is 12.0. The number of benzene rings is 1. The van der Waals surface area contributed by atoms with E-state index in [9.17, 15) is 10.1 Å². The summed E-state index contributed by atoms with van der Waals surface area (Å²) in [6, 6.07) is 9.29. The van der Waals surface area contributed by atoms with Gasteiger partial charge >= 0.3 is 0 Å². The quantitative estimate of drug-likeness (QED) is 0.665. The minimum absolute atomic E-state index is 0.0473. The van der Waals surface area contributed by atoms with Gasteiger partial charge in [0.05, 0.1) is 29.6 Å². The summed E-state index contributed by atoms with van der Waals surface area (Å²) < 4.78 is 7.21. The predicted molar refractivity (Wildman–Crippen MR) is 107 cm³/mol. The van der Waals surface area contributed by atoms with Gasteiger partial charge in [-0.3, -0.25) is 9.48 Å². The number of hydrogen-bond donors (Lipinski definition) is 2. The van der Waals surface area contributed by atoms with Crippen molar-refractivity contribution >= 4 is 23.1 Å². The van der Waals surface area contributed by atoms with E-state index in [0.29, 0.717) is 39.9 Å². The lowest BCUT2D eigenvalue weighted by molar-refractivity contribution is -0.117. The molecular weight excluding hydrogens is 370 g/mol. The molecule has 0 aliphatic heterocycles. The summed E-state index contributed by atoms with van der Waals surface area (Å²) >= 11 is 0. The number of hydrogen-bond acceptors (Lipinski definition) is 7. The number of anilines is 3. The van der Waals surface area contributed by atoms with E-state index in [1.807, 2.05) is 18.2 Å². The Morgan fingerprint density at radius 3 is 2.79 bits per heavy atom. The number of nitrogens with one attached hydrogen (secondary N) is 2. The van der Waals surface area contributed by atoms with Crippen molar-refractivity contribution in [1.29, 1.82) is 5.26 Å². The smallest absolute Gasteiger partial charge is 0.228 e. The number of carbonyl (C=O) groups is 1. The highest BCUT2D eigenvalue weighted by molar-refractivity contribution is 5.94. The molecule has 1 aliphatic carbocycles. The Hall–Kier alpha value is -3.93. The van der Waals surface area contributed by atoms with Gasteiger partial charge < -0.3 is 15.4 Å². The number of amides is 1. The van der Waals surface area contributed by atoms with Gasteiger partial charge in [-0.05, 0) is 25.0 Å². The van der Waals surface area contributed by atoms with Crippen LogP contribution < -0.4 is 15.4 Å². The van der Waals surface area contributed by atoms with Crippen molar-refractivity contribution in [2.45, 2.75) is 12.8 Å². The maximum Gasteiger partial charge on any atom is 0.228 e. The van der Waals surface area contributed by atoms with Crippen molar-refractivity contribution < 1.29 is 9.53 Å². The van der Waals surface area contributed by atoms with Crippen molar-refractivity contribution in [1.82, 2.24) is 19.7 Å². The van der Waals surface area contributed by atoms with Gasteiger partial charge in [0.1, 0.15) is 18.2 Å². The fourth-order valence-corrected chi connectivity index (χ4v) is 2.93. The van der Waals surface area contributed by atoms with Gasteiger partial charge in [0.2, 0.25) is 5.91 Å². The zero-order valence-electron chi connectivity index (χ0n) is 16.0. The number of ether oxygens (including phenoxy) is 1. The van der Waals surface area contributed by atoms with Gasteiger partial charge in [0.25, 0.3) is 0 Å². The Morgan fingerprint density at radius 1 is 1.31 bits per heavy atom. The van der Waals surface area contributed by atoms with Gasteiger partial charge in [-0.2, -0.15) is 10.4 Å². The minimum atomic E-state index is -0.0473. The Kier molecular flexibility index (Phi) is 4.83. The molecule has 1 fully saturated rings. The van der Waals surface area contributed by atoms with Crippen LogP contribution in [0.3, 0.4) is 0 Å². The van der Waals surface area contributed by atoms with E-state index in [1.54, 1.807) is 31.2 Å². The lowest BCUT2D eigenvalue weighted by atomic mass is 10.1. The van der Waals surface area contributed by atoms with E-state index >= 15 is 0 Å². The van der Waals surface area contributed by atoms with Gasteiger partial charge in [0, 0.05) is 25.2 Å². The van der Waals surface area contributed by atoms with E-state index in [-0.39, 0.29) is 11.8 Å². The molecule has 1 amide bonds. The van der Waals surface area contributed by atoms with Crippen LogP contribution in [0.1, 0.15) is 18.4 Å². The molecule has 0 saturated heterocycles. The second-order valence-corrected chi connectivity index (χ2v) is 6.74. The number of methoxy groups -OCH3 is 1. The average molecular weight is 389 g/mol. The van der Waals surface area contributed by atoms with Crippen LogP contribution in [0.25, 0.3) is 11.4 Å². The average Bonchev–Trinajstić information content (AvgIpc) is 3.49. The number of rotatable bonds is 6. The number of aromatic nitrogens is 4. The molecule has 2 N–H and O–H groups in total. The zero-order valence-corrected chi connectivity index (χ0v) is 16.0. The first kappa shape index (κ1) is 18.4. The van der Waals surface area contributed by atoms with Crippen LogP contribution in [-0.2, 0) is 11.8 Å². The van der Waals surface area contributed by atoms with E-state index < -0.39 is 0 Å². The third kappa shape index (κ3) is 3.87. The summed E-state index contributed by atoms with van der Waals surface area (Å²) in [4.78, 5) is 20.5. The van der Waals surface area contributed by atoms with E-state index in [4.69, 9.17) is 4.74 Å². The number of carbonyl (C=O) groups excluding carboxylic acids is 1. The molecule has 9 nitrogen and oxygen atoms in total. The molecule has 146 valence electrons. The summed E-state index contributed by atoms with van der Waals surface area (Å²) in [5.41, 5.74) is 2.21. The van der Waals surface area contributed by atoms with Crippen molar-refractivity contribution in [3.8, 4) is 23.2 Å². The summed E-state index contributed by atoms with van der Waals surface area (Å²) in [5, 5.41) is 19.8. The second-order valence-electron chi connectivity index (χ2n) is 6.74. The molecule has 0 spiro atoms. The number of nitrogens with zero attached hydrogens (tertiary/aromatic N) is 5. The van der Waals surface area contributed by atoms with E-state index in [1.165, 1.54) is 6.20 Å². The summed E-state index contributed by atoms with van der Waals surface area (Å²) in [6.07, 6.45) is 4.85. The van der Waals surface area contributed by atoms with Crippen molar-refractivity contribution in [3.63, 3.8) is 0 Å². The molecule has 2 heterocycles. The highest BCUT2D eigenvalue weighted by atomic mass is 16.5. The monoisotopic (exact) mass is 389 g/mol. The number of aryl methyl sites for hydroxylation is 1. The number of nitriles is 1. The van der Waals surface area contributed by atoms with Crippen LogP contribution in [0.2, 0.25) is 0 Å². The highest BCUT2D eigenvalue weighted by Gasteiger charge is 2.30. The fraction of sp³-hybridized carbons (Fsp3) is 0.250. The van der Waals surface area contributed by atoms with Gasteiger partial charge in [-0.15, -0.1) is 0 Å². The summed E-state index contributed by atoms with van der Waals surface area (Å²) in [6.45, 7) is 0. The highest BCUT2D eigenvalue weighted by Crippen LogP contribution is 2.37. The van der Waals surface area contributed by atoms with Crippen LogP contribution >= 0.6 is 0 Å². The third-order valence-electron chi connectivity index (χ3n) is 4.55. The summed E-state index contributed by atoms with van der Waals surface area (Å²) in [5.74, 6) is 1.48. The molecule has 9 heteroatoms. The van der Waals surface area contributed by atoms with Gasteiger partial charge in [-0.1, -0.05) is 6.07 Å². The van der Waals surface area contributed by atoms with Crippen LogP contribution in [0.15, 0.2) is 36.8 Å². The van der Waals surface area contributed by atoms with Crippen LogP contribution in [0, 0.1) is 17.2 Å². The molecule has 29 heavy (non-hydrogen) atoms. The molecule has 0 radical (unpaired) electrons. The normalized spacial score (nSPS) is 12.9. The second kappa shape index (κ2) is 7.59. The van der Waals surface area contributed by atoms with Gasteiger partial charge in [-0.25, -0.2) is 9.97 Å². The first-order chi connectivity index (χ1) is 14.1. The fourth-order valence-electron chi connectivity index (χ4n) is 2.93. The Labute approximate surface area is 167 Å². The Balaban J connectivity index is 1.68. The predicted octanol–water partition coefficient (Wildman–Crippen LogP) is 2.85. The zero-order chi connectivity index (χ0) is 20.4. The molecule has 1 aliphatic rings. The SMILES string of the molecule is COc1c(Nc2cc(NC(=O)C3CC3)ncc2C#N)cccc1-c1ncn(C)n1. The standard InChI is InChI=1S/C20H19N7O2/c1-27-11-23-19(26-27)14-4-3-5-15(18(14)29-2)24-16-8-17(22-10-13(16)9-21)25-20(28)12-6-7-12/h3-5,8,10-12H,6-7H2,1-2H3,(H2,22,24,25,28). The largest absolute Gasteiger partial charge is 0.494 e. The molecule has 0 bridgehead atoms. The van der Waals surface area contributed by atoms with Crippen molar-refractivity contribution in [2.24, 2.45) is 13.0 Å². The van der Waals surface area contributed by atoms with Crippen LogP contribution in [-0.4, -0.2) is 32.8 Å². The number of para-hydroxylation sites is 1. The maximum absolute atomic E-state index is 12.0. The molecular formula is C20H19N7O2. The molecule has 4 rings (SSSR count). The van der Waals surface area contributed by atoms with Crippen LogP contribution in [0.4, 0.5) is 17.2 Å². The molecule has 0 unspecified atom stereocenters. The number of pyridine rings is 1. The summed E-state index contributed by atoms with van der Waals surface area (Å²) in [7, 11) is 3.35. The van der Waals surface area contributed by atoms with Crippen LogP contribution in [0.5, 0.6) is 5.75 Å². The van der Waals surface area contributed by atoms with E-state index in [0.717, 1.165) is 12.8 Å². The molecule has 3 aromatic rings. The Bertz CT molecular complexity index is 1110. The third-order valence-corrected chi connectivity index (χ3v) is 4.55. The molecule has 0 atom stereocenters. The van der Waals surface area contributed by atoms with Gasteiger partial charge in [0.15, 0.2) is 11.6 Å². The lowest BCUT2D eigenvalue weighted by Gasteiger charge is -2.15. The lowest BCUT2D eigenvalue weighted by Crippen LogP contribution is -2.14. The topological polar surface area (TPSA) is 118 Å². The molecule has 1 aromatic carbocycles. The first-order valence-electron chi connectivity index (χ1n) is 9.10. The first-order valence-corrected chi connectivity index (χ1v) is 9.10. The van der Waals surface area contributed by atoms with E-state index in [2.05, 4.69) is 31.8 Å². The van der Waals surface area contributed by atoms with Crippen molar-refractivity contribution in [3.05, 3.63) is 42.4 Å².